The van der Waals surface area contributed by atoms with Crippen LogP contribution in [0, 0.1) is 0 Å². The number of hydrogen-bond acceptors (Lipinski definition) is 2. The Labute approximate surface area is 56.6 Å². The van der Waals surface area contributed by atoms with Crippen LogP contribution in [0.3, 0.4) is 0 Å². The lowest BCUT2D eigenvalue weighted by Crippen LogP contribution is -2.26. The van der Waals surface area contributed by atoms with Gasteiger partial charge in [-0.05, 0) is 0 Å². The molecule has 0 aromatic heterocycles. The van der Waals surface area contributed by atoms with Crippen molar-refractivity contribution >= 4 is 16.6 Å². The molecule has 0 saturated carbocycles. The third-order valence-corrected chi connectivity index (χ3v) is 3.56. The predicted octanol–water partition coefficient (Wildman–Crippen LogP) is 0.539. The van der Waals surface area contributed by atoms with E-state index in [1.54, 1.807) is 0 Å². The molecule has 0 aromatic carbocycles. The fraction of sp³-hybridized carbons (Fsp3) is 1.00. The second-order valence-corrected chi connectivity index (χ2v) is 5.14. The summed E-state index contributed by atoms with van der Waals surface area (Å²) in [6.07, 6.45) is 1.73. The topological polar surface area (TPSA) is 34.1 Å². The van der Waals surface area contributed by atoms with Gasteiger partial charge < -0.3 is 0 Å². The third-order valence-electron chi connectivity index (χ3n) is 1.84. The van der Waals surface area contributed by atoms with Crippen LogP contribution < -0.4 is 0 Å². The quantitative estimate of drug-likeness (QED) is 0.467. The summed E-state index contributed by atoms with van der Waals surface area (Å²) in [6.45, 7) is 2.72. The van der Waals surface area contributed by atoms with Crippen LogP contribution >= 0.6 is 0 Å². The zero-order chi connectivity index (χ0) is 6.91. The minimum absolute atomic E-state index is 0.411. The summed E-state index contributed by atoms with van der Waals surface area (Å²) in [5.74, 6) is 0.822. The molecule has 0 atom stereocenters. The second-order valence-electron chi connectivity index (χ2n) is 2.83. The van der Waals surface area contributed by atoms with Crippen LogP contribution in [0.2, 0.25) is 19.5 Å². The van der Waals surface area contributed by atoms with Crippen molar-refractivity contribution in [2.75, 3.05) is 11.5 Å². The van der Waals surface area contributed by atoms with Crippen LogP contribution in [0.15, 0.2) is 0 Å². The maximum absolute atomic E-state index is 10.8. The Kier molecular flexibility index (Phi) is 1.84. The molecule has 0 N–H and O–H groups in total. The van der Waals surface area contributed by atoms with Gasteiger partial charge in [0.15, 0.2) is 0 Å². The summed E-state index contributed by atoms with van der Waals surface area (Å²) in [7, 11) is -2.62. The van der Waals surface area contributed by atoms with Crippen LogP contribution in [0.5, 0.6) is 0 Å². The Morgan fingerprint density at radius 3 is 2.00 bits per heavy atom. The summed E-state index contributed by atoms with van der Waals surface area (Å²) in [5.41, 5.74) is 0. The van der Waals surface area contributed by atoms with Gasteiger partial charge in [-0.3, -0.25) is 0 Å². The Morgan fingerprint density at radius 2 is 1.67 bits per heavy atom. The summed E-state index contributed by atoms with van der Waals surface area (Å²) >= 11 is 0. The monoisotopic (exact) mass is 146 g/mol. The smallest absolute Gasteiger partial charge is 0.148 e. The predicted molar refractivity (Wildman–Crippen MR) is 39.9 cm³/mol. The lowest BCUT2D eigenvalue weighted by molar-refractivity contribution is 0.596. The average molecular weight is 146 g/mol. The van der Waals surface area contributed by atoms with Gasteiger partial charge >= 0.3 is 0 Å². The van der Waals surface area contributed by atoms with Crippen molar-refractivity contribution in [3.63, 3.8) is 0 Å². The number of hydrogen-bond donors (Lipinski definition) is 0. The first-order valence-corrected chi connectivity index (χ1v) is 5.13. The first kappa shape index (κ1) is 7.13. The summed E-state index contributed by atoms with van der Waals surface area (Å²) < 4.78 is 21.6. The van der Waals surface area contributed by atoms with Gasteiger partial charge in [0.25, 0.3) is 0 Å². The minimum Gasteiger partial charge on any atom is -0.229 e. The van der Waals surface area contributed by atoms with Crippen molar-refractivity contribution in [3.8, 4) is 0 Å². The van der Waals surface area contributed by atoms with Gasteiger partial charge in [0.05, 0.1) is 0 Å². The van der Waals surface area contributed by atoms with E-state index in [4.69, 9.17) is 0 Å². The standard InChI is InChI=1S/C5H11BO2S/c1-6-2-4-9(7,8)5-3-6/h2-5H2,1H3. The summed E-state index contributed by atoms with van der Waals surface area (Å²) in [5, 5.41) is 0. The molecule has 0 bridgehead atoms. The molecule has 1 aliphatic heterocycles. The molecular weight excluding hydrogens is 135 g/mol. The molecule has 9 heavy (non-hydrogen) atoms. The van der Waals surface area contributed by atoms with Crippen LogP contribution in [0.1, 0.15) is 0 Å². The molecule has 0 spiro atoms. The van der Waals surface area contributed by atoms with Crippen molar-refractivity contribution in [1.82, 2.24) is 0 Å². The molecule has 1 saturated heterocycles. The molecule has 1 rings (SSSR count). The van der Waals surface area contributed by atoms with E-state index >= 15 is 0 Å². The molecule has 2 nitrogen and oxygen atoms in total. The van der Waals surface area contributed by atoms with Crippen LogP contribution in [0.25, 0.3) is 0 Å². The molecule has 0 aromatic rings. The van der Waals surface area contributed by atoms with Gasteiger partial charge in [-0.25, -0.2) is 8.42 Å². The molecule has 4 heteroatoms. The highest BCUT2D eigenvalue weighted by atomic mass is 32.2. The highest BCUT2D eigenvalue weighted by Gasteiger charge is 2.21. The first-order valence-electron chi connectivity index (χ1n) is 3.30. The maximum Gasteiger partial charge on any atom is 0.148 e. The fourth-order valence-corrected chi connectivity index (χ4v) is 2.73. The lowest BCUT2D eigenvalue weighted by Gasteiger charge is -2.14. The van der Waals surface area contributed by atoms with E-state index in [1.165, 1.54) is 0 Å². The molecule has 1 heterocycles. The number of rotatable bonds is 0. The zero-order valence-electron chi connectivity index (χ0n) is 5.63. The summed E-state index contributed by atoms with van der Waals surface area (Å²) in [6, 6.07) is 0. The van der Waals surface area contributed by atoms with Crippen molar-refractivity contribution in [2.45, 2.75) is 19.5 Å². The zero-order valence-corrected chi connectivity index (χ0v) is 6.45. The molecule has 0 amide bonds. The van der Waals surface area contributed by atoms with E-state index in [1.807, 2.05) is 0 Å². The van der Waals surface area contributed by atoms with Gasteiger partial charge in [0, 0.05) is 11.5 Å². The van der Waals surface area contributed by atoms with Crippen LogP contribution in [0.4, 0.5) is 0 Å². The van der Waals surface area contributed by atoms with Crippen molar-refractivity contribution in [3.05, 3.63) is 0 Å². The maximum atomic E-state index is 10.8. The normalized spacial score (nSPS) is 26.1. The Morgan fingerprint density at radius 1 is 1.22 bits per heavy atom. The van der Waals surface area contributed by atoms with Crippen molar-refractivity contribution in [1.29, 1.82) is 0 Å². The second kappa shape index (κ2) is 2.33. The molecular formula is C5H11BO2S. The third kappa shape index (κ3) is 2.01. The highest BCUT2D eigenvalue weighted by molar-refractivity contribution is 7.91. The van der Waals surface area contributed by atoms with Crippen LogP contribution in [-0.4, -0.2) is 26.6 Å². The van der Waals surface area contributed by atoms with Gasteiger partial charge in [-0.1, -0.05) is 19.5 Å². The van der Waals surface area contributed by atoms with Gasteiger partial charge in [0.1, 0.15) is 16.6 Å². The SMILES string of the molecule is CB1CCS(=O)(=O)CC1. The van der Waals surface area contributed by atoms with Crippen molar-refractivity contribution in [2.24, 2.45) is 0 Å². The van der Waals surface area contributed by atoms with Gasteiger partial charge in [-0.15, -0.1) is 0 Å². The Bertz CT molecular complexity index is 171. The number of sulfone groups is 1. The van der Waals surface area contributed by atoms with E-state index in [9.17, 15) is 8.42 Å². The van der Waals surface area contributed by atoms with Gasteiger partial charge in [-0.2, -0.15) is 0 Å². The molecule has 1 aliphatic rings. The lowest BCUT2D eigenvalue weighted by atomic mass is 9.48. The van der Waals surface area contributed by atoms with E-state index < -0.39 is 9.84 Å². The largest absolute Gasteiger partial charge is 0.229 e. The minimum atomic E-state index is -2.62. The average Bonchev–Trinajstić information content (AvgIpc) is 1.78. The Balaban J connectivity index is 2.55. The molecule has 52 valence electrons. The molecule has 1 fully saturated rings. The van der Waals surface area contributed by atoms with E-state index in [-0.39, 0.29) is 0 Å². The molecule has 0 aliphatic carbocycles. The Hall–Kier alpha value is 0.0149. The molecule has 0 radical (unpaired) electrons. The molecule has 0 unspecified atom stereocenters. The van der Waals surface area contributed by atoms with E-state index in [2.05, 4.69) is 6.82 Å². The highest BCUT2D eigenvalue weighted by Crippen LogP contribution is 2.12. The van der Waals surface area contributed by atoms with Gasteiger partial charge in [0.2, 0.25) is 0 Å². The fourth-order valence-electron chi connectivity index (χ4n) is 1.01. The van der Waals surface area contributed by atoms with E-state index in [0.29, 0.717) is 18.2 Å². The van der Waals surface area contributed by atoms with E-state index in [0.717, 1.165) is 12.6 Å². The van der Waals surface area contributed by atoms with Crippen molar-refractivity contribution < 1.29 is 8.42 Å². The first-order chi connectivity index (χ1) is 4.10. The summed E-state index contributed by atoms with van der Waals surface area (Å²) in [4.78, 5) is 0. The van der Waals surface area contributed by atoms with Crippen LogP contribution in [-0.2, 0) is 9.84 Å².